The van der Waals surface area contributed by atoms with Crippen molar-refractivity contribution in [2.45, 2.75) is 0 Å². The number of allylic oxidation sites excluding steroid dienone is 2. The fourth-order valence-electron chi connectivity index (χ4n) is 1.88. The second-order valence-electron chi connectivity index (χ2n) is 4.06. The van der Waals surface area contributed by atoms with Gasteiger partial charge in [0, 0.05) is 25.2 Å². The van der Waals surface area contributed by atoms with Gasteiger partial charge in [0.15, 0.2) is 0 Å². The highest BCUT2D eigenvalue weighted by Crippen LogP contribution is 2.22. The molecule has 4 heteroatoms. The molecule has 0 N–H and O–H groups in total. The summed E-state index contributed by atoms with van der Waals surface area (Å²) in [6, 6.07) is 6.64. The molecule has 0 atom stereocenters. The van der Waals surface area contributed by atoms with Crippen LogP contribution in [0.2, 0.25) is 0 Å². The summed E-state index contributed by atoms with van der Waals surface area (Å²) in [6.45, 7) is 5.30. The lowest BCUT2D eigenvalue weighted by atomic mass is 10.0. The molecular weight excluding hydrogens is 228 g/mol. The molecule has 92 valence electrons. The number of rotatable bonds is 4. The quantitative estimate of drug-likeness (QED) is 0.463. The summed E-state index contributed by atoms with van der Waals surface area (Å²) >= 11 is 0. The molecule has 1 aromatic carbocycles. The lowest BCUT2D eigenvalue weighted by Crippen LogP contribution is -2.21. The fourth-order valence-corrected chi connectivity index (χ4v) is 1.88. The topological polar surface area (TPSA) is 46.4 Å². The Kier molecular flexibility index (Phi) is 3.57. The van der Waals surface area contributed by atoms with Crippen LogP contribution in [-0.4, -0.2) is 22.9 Å². The van der Waals surface area contributed by atoms with Crippen molar-refractivity contribution >= 4 is 11.3 Å². The second kappa shape index (κ2) is 5.31. The van der Waals surface area contributed by atoms with Crippen molar-refractivity contribution in [3.8, 4) is 0 Å². The molecule has 4 nitrogen and oxygen atoms in total. The van der Waals surface area contributed by atoms with Gasteiger partial charge in [-0.15, -0.1) is 6.58 Å². The van der Waals surface area contributed by atoms with E-state index in [-0.39, 0.29) is 10.6 Å². The molecule has 0 saturated carbocycles. The van der Waals surface area contributed by atoms with Gasteiger partial charge < -0.3 is 4.90 Å². The number of hydrogen-bond acceptors (Lipinski definition) is 3. The van der Waals surface area contributed by atoms with Crippen molar-refractivity contribution in [1.82, 2.24) is 4.90 Å². The van der Waals surface area contributed by atoms with Crippen molar-refractivity contribution < 1.29 is 4.92 Å². The van der Waals surface area contributed by atoms with E-state index in [0.717, 1.165) is 24.2 Å². The van der Waals surface area contributed by atoms with Gasteiger partial charge in [0.05, 0.1) is 4.92 Å². The summed E-state index contributed by atoms with van der Waals surface area (Å²) in [5.74, 6) is 0. The van der Waals surface area contributed by atoms with Gasteiger partial charge in [0.25, 0.3) is 5.69 Å². The maximum atomic E-state index is 10.6. The van der Waals surface area contributed by atoms with Crippen molar-refractivity contribution in [2.24, 2.45) is 0 Å². The summed E-state index contributed by atoms with van der Waals surface area (Å²) in [4.78, 5) is 12.3. The predicted molar refractivity (Wildman–Crippen MR) is 72.0 cm³/mol. The van der Waals surface area contributed by atoms with Crippen LogP contribution in [0.4, 0.5) is 5.69 Å². The average molecular weight is 242 g/mol. The first-order valence-corrected chi connectivity index (χ1v) is 5.68. The Balaban J connectivity index is 2.17. The monoisotopic (exact) mass is 242 g/mol. The van der Waals surface area contributed by atoms with Gasteiger partial charge in [0.1, 0.15) is 0 Å². The summed E-state index contributed by atoms with van der Waals surface area (Å²) in [5, 5.41) is 10.6. The van der Waals surface area contributed by atoms with Gasteiger partial charge in [-0.05, 0) is 35.5 Å². The molecule has 0 aromatic heterocycles. The molecule has 0 bridgehead atoms. The maximum absolute atomic E-state index is 10.6. The molecule has 0 aliphatic carbocycles. The third-order valence-electron chi connectivity index (χ3n) is 2.78. The van der Waals surface area contributed by atoms with Gasteiger partial charge >= 0.3 is 0 Å². The Bertz CT molecular complexity index is 515. The highest BCUT2D eigenvalue weighted by atomic mass is 16.6. The van der Waals surface area contributed by atoms with Crippen LogP contribution < -0.4 is 0 Å². The molecule has 1 aliphatic rings. The van der Waals surface area contributed by atoms with Crippen molar-refractivity contribution in [3.05, 3.63) is 71.0 Å². The molecule has 0 unspecified atom stereocenters. The zero-order valence-corrected chi connectivity index (χ0v) is 9.95. The third kappa shape index (κ3) is 2.66. The van der Waals surface area contributed by atoms with Crippen molar-refractivity contribution in [3.63, 3.8) is 0 Å². The Labute approximate surface area is 106 Å². The van der Waals surface area contributed by atoms with E-state index in [1.165, 1.54) is 12.1 Å². The van der Waals surface area contributed by atoms with E-state index in [0.29, 0.717) is 0 Å². The largest absolute Gasteiger partial charge is 0.369 e. The van der Waals surface area contributed by atoms with Crippen LogP contribution in [0.1, 0.15) is 5.56 Å². The van der Waals surface area contributed by atoms with E-state index in [4.69, 9.17) is 0 Å². The first-order valence-electron chi connectivity index (χ1n) is 5.68. The molecule has 2 rings (SSSR count). The standard InChI is InChI=1S/C14H14N2O2/c1-2-9-15-10-3-4-13(11-15)12-5-7-14(8-6-12)16(17)18/h2-8,10H,1,9,11H2. The summed E-state index contributed by atoms with van der Waals surface area (Å²) in [6.07, 6.45) is 7.87. The van der Waals surface area contributed by atoms with E-state index in [9.17, 15) is 10.1 Å². The second-order valence-corrected chi connectivity index (χ2v) is 4.06. The number of non-ortho nitro benzene ring substituents is 1. The molecule has 1 aromatic rings. The fraction of sp³-hybridized carbons (Fsp3) is 0.143. The Morgan fingerprint density at radius 2 is 2.11 bits per heavy atom. The Morgan fingerprint density at radius 3 is 2.72 bits per heavy atom. The minimum absolute atomic E-state index is 0.119. The first kappa shape index (κ1) is 12.1. The Morgan fingerprint density at radius 1 is 1.39 bits per heavy atom. The van der Waals surface area contributed by atoms with Gasteiger partial charge in [-0.1, -0.05) is 12.2 Å². The van der Waals surface area contributed by atoms with Crippen molar-refractivity contribution in [2.75, 3.05) is 13.1 Å². The number of nitro benzene ring substituents is 1. The van der Waals surface area contributed by atoms with E-state index in [1.807, 2.05) is 24.4 Å². The zero-order valence-electron chi connectivity index (χ0n) is 9.95. The molecule has 18 heavy (non-hydrogen) atoms. The number of nitrogens with zero attached hydrogens (tertiary/aromatic N) is 2. The number of benzene rings is 1. The minimum Gasteiger partial charge on any atom is -0.369 e. The van der Waals surface area contributed by atoms with E-state index in [1.54, 1.807) is 12.1 Å². The highest BCUT2D eigenvalue weighted by molar-refractivity contribution is 5.70. The smallest absolute Gasteiger partial charge is 0.269 e. The van der Waals surface area contributed by atoms with E-state index >= 15 is 0 Å². The normalized spacial score (nSPS) is 14.2. The van der Waals surface area contributed by atoms with Crippen LogP contribution in [-0.2, 0) is 0 Å². The minimum atomic E-state index is -0.386. The van der Waals surface area contributed by atoms with Crippen molar-refractivity contribution in [1.29, 1.82) is 0 Å². The van der Waals surface area contributed by atoms with Gasteiger partial charge in [0.2, 0.25) is 0 Å². The maximum Gasteiger partial charge on any atom is 0.269 e. The van der Waals surface area contributed by atoms with E-state index in [2.05, 4.69) is 11.5 Å². The number of nitro groups is 1. The average Bonchev–Trinajstić information content (AvgIpc) is 2.39. The van der Waals surface area contributed by atoms with Crippen LogP contribution in [0, 0.1) is 10.1 Å². The molecule has 1 heterocycles. The van der Waals surface area contributed by atoms with E-state index < -0.39 is 0 Å². The first-order chi connectivity index (χ1) is 8.70. The summed E-state index contributed by atoms with van der Waals surface area (Å²) in [7, 11) is 0. The SMILES string of the molecule is C=CCN1C=CC=C(c2ccc([N+](=O)[O-])cc2)C1. The van der Waals surface area contributed by atoms with Gasteiger partial charge in [-0.2, -0.15) is 0 Å². The van der Waals surface area contributed by atoms with Gasteiger partial charge in [-0.25, -0.2) is 0 Å². The lowest BCUT2D eigenvalue weighted by Gasteiger charge is -2.23. The molecular formula is C14H14N2O2. The molecule has 0 spiro atoms. The number of hydrogen-bond donors (Lipinski definition) is 0. The molecule has 0 amide bonds. The molecule has 0 radical (unpaired) electrons. The molecule has 0 saturated heterocycles. The zero-order chi connectivity index (χ0) is 13.0. The van der Waals surface area contributed by atoms with Crippen LogP contribution in [0.3, 0.4) is 0 Å². The third-order valence-corrected chi connectivity index (χ3v) is 2.78. The van der Waals surface area contributed by atoms with Crippen LogP contribution in [0.15, 0.2) is 55.3 Å². The Hall–Kier alpha value is -2.36. The van der Waals surface area contributed by atoms with Crippen LogP contribution >= 0.6 is 0 Å². The molecule has 0 fully saturated rings. The highest BCUT2D eigenvalue weighted by Gasteiger charge is 2.10. The summed E-state index contributed by atoms with van der Waals surface area (Å²) in [5.41, 5.74) is 2.28. The van der Waals surface area contributed by atoms with Gasteiger partial charge in [-0.3, -0.25) is 10.1 Å². The van der Waals surface area contributed by atoms with Crippen LogP contribution in [0.25, 0.3) is 5.57 Å². The predicted octanol–water partition coefficient (Wildman–Crippen LogP) is 2.99. The summed E-state index contributed by atoms with van der Waals surface area (Å²) < 4.78 is 0. The van der Waals surface area contributed by atoms with Crippen LogP contribution in [0.5, 0.6) is 0 Å². The molecule has 1 aliphatic heterocycles. The lowest BCUT2D eigenvalue weighted by molar-refractivity contribution is -0.384.